The van der Waals surface area contributed by atoms with Gasteiger partial charge in [-0.25, -0.2) is 0 Å². The van der Waals surface area contributed by atoms with E-state index >= 15 is 0 Å². The Hall–Kier alpha value is -0.950. The van der Waals surface area contributed by atoms with Gasteiger partial charge in [0.05, 0.1) is 6.61 Å². The minimum absolute atomic E-state index is 0.672. The molecule has 12 heavy (non-hydrogen) atoms. The van der Waals surface area contributed by atoms with E-state index in [0.717, 1.165) is 17.2 Å². The summed E-state index contributed by atoms with van der Waals surface area (Å²) in [7, 11) is 0. The number of hydrogen-bond donors (Lipinski definition) is 0. The molecule has 0 aromatic heterocycles. The van der Waals surface area contributed by atoms with E-state index in [0.29, 0.717) is 6.61 Å². The topological polar surface area (TPSA) is 9.23 Å². The van der Waals surface area contributed by atoms with E-state index in [1.165, 1.54) is 0 Å². The summed E-state index contributed by atoms with van der Waals surface area (Å²) in [6.45, 7) is 4.28. The second-order valence-corrected chi connectivity index (χ2v) is 2.82. The van der Waals surface area contributed by atoms with Crippen molar-refractivity contribution in [1.82, 2.24) is 0 Å². The average molecular weight is 183 g/mol. The van der Waals surface area contributed by atoms with Crippen LogP contribution in [-0.2, 0) is 0 Å². The minimum Gasteiger partial charge on any atom is -0.493 e. The third-order valence-corrected chi connectivity index (χ3v) is 1.66. The van der Waals surface area contributed by atoms with E-state index in [4.69, 9.17) is 16.3 Å². The molecule has 0 aliphatic heterocycles. The molecule has 1 aromatic rings. The average Bonchev–Trinajstić information content (AvgIpc) is 2.09. The lowest BCUT2D eigenvalue weighted by Gasteiger charge is -2.03. The highest BCUT2D eigenvalue weighted by atomic mass is 35.5. The SMILES string of the molecule is C=CCCOc1ccc(Cl)cc1. The first kappa shape index (κ1) is 9.14. The van der Waals surface area contributed by atoms with Gasteiger partial charge in [-0.3, -0.25) is 0 Å². The largest absolute Gasteiger partial charge is 0.493 e. The standard InChI is InChI=1S/C10H11ClO/c1-2-3-8-12-10-6-4-9(11)5-7-10/h2,4-7H,1,3,8H2. The van der Waals surface area contributed by atoms with Gasteiger partial charge < -0.3 is 4.74 Å². The Morgan fingerprint density at radius 2 is 2.00 bits per heavy atom. The van der Waals surface area contributed by atoms with Crippen LogP contribution in [0.25, 0.3) is 0 Å². The van der Waals surface area contributed by atoms with Crippen molar-refractivity contribution in [3.05, 3.63) is 41.9 Å². The highest BCUT2D eigenvalue weighted by Gasteiger charge is 1.91. The molecule has 0 unspecified atom stereocenters. The molecule has 0 atom stereocenters. The fourth-order valence-electron chi connectivity index (χ4n) is 0.791. The Morgan fingerprint density at radius 1 is 1.33 bits per heavy atom. The number of rotatable bonds is 4. The second-order valence-electron chi connectivity index (χ2n) is 2.38. The van der Waals surface area contributed by atoms with Gasteiger partial charge in [0.1, 0.15) is 5.75 Å². The van der Waals surface area contributed by atoms with Gasteiger partial charge in [-0.2, -0.15) is 0 Å². The van der Waals surface area contributed by atoms with Crippen LogP contribution in [0.3, 0.4) is 0 Å². The fourth-order valence-corrected chi connectivity index (χ4v) is 0.917. The molecule has 0 aliphatic carbocycles. The number of halogens is 1. The first-order chi connectivity index (χ1) is 5.83. The van der Waals surface area contributed by atoms with Crippen LogP contribution in [0.5, 0.6) is 5.75 Å². The van der Waals surface area contributed by atoms with Crippen molar-refractivity contribution in [1.29, 1.82) is 0 Å². The van der Waals surface area contributed by atoms with Crippen molar-refractivity contribution in [3.63, 3.8) is 0 Å². The predicted molar refractivity (Wildman–Crippen MR) is 51.8 cm³/mol. The van der Waals surface area contributed by atoms with Crippen LogP contribution < -0.4 is 4.74 Å². The molecule has 0 heterocycles. The Bertz CT molecular complexity index is 241. The summed E-state index contributed by atoms with van der Waals surface area (Å²) in [6, 6.07) is 7.33. The van der Waals surface area contributed by atoms with E-state index in [1.54, 1.807) is 0 Å². The van der Waals surface area contributed by atoms with Gasteiger partial charge >= 0.3 is 0 Å². The molecule has 1 aromatic carbocycles. The molecule has 1 nitrogen and oxygen atoms in total. The highest BCUT2D eigenvalue weighted by molar-refractivity contribution is 6.30. The predicted octanol–water partition coefficient (Wildman–Crippen LogP) is 3.29. The van der Waals surface area contributed by atoms with Gasteiger partial charge in [0, 0.05) is 5.02 Å². The maximum absolute atomic E-state index is 5.70. The summed E-state index contributed by atoms with van der Waals surface area (Å²) < 4.78 is 5.37. The van der Waals surface area contributed by atoms with Crippen molar-refractivity contribution < 1.29 is 4.74 Å². The molecule has 0 radical (unpaired) electrons. The molecular weight excluding hydrogens is 172 g/mol. The van der Waals surface area contributed by atoms with E-state index in [9.17, 15) is 0 Å². The van der Waals surface area contributed by atoms with Crippen molar-refractivity contribution in [2.45, 2.75) is 6.42 Å². The van der Waals surface area contributed by atoms with Crippen LogP contribution >= 0.6 is 11.6 Å². The van der Waals surface area contributed by atoms with Crippen molar-refractivity contribution in [3.8, 4) is 5.75 Å². The van der Waals surface area contributed by atoms with Crippen LogP contribution in [0.4, 0.5) is 0 Å². The molecule has 0 aliphatic rings. The summed E-state index contributed by atoms with van der Waals surface area (Å²) in [6.07, 6.45) is 2.69. The van der Waals surface area contributed by atoms with Gasteiger partial charge in [0.15, 0.2) is 0 Å². The first-order valence-electron chi connectivity index (χ1n) is 3.82. The van der Waals surface area contributed by atoms with Crippen LogP contribution in [0.1, 0.15) is 6.42 Å². The van der Waals surface area contributed by atoms with Gasteiger partial charge in [0.25, 0.3) is 0 Å². The van der Waals surface area contributed by atoms with Crippen molar-refractivity contribution in [2.75, 3.05) is 6.61 Å². The summed E-state index contributed by atoms with van der Waals surface area (Å²) in [5, 5.41) is 0.728. The lowest BCUT2D eigenvalue weighted by atomic mass is 10.3. The van der Waals surface area contributed by atoms with Crippen LogP contribution in [0.15, 0.2) is 36.9 Å². The lowest BCUT2D eigenvalue weighted by molar-refractivity contribution is 0.325. The molecular formula is C10H11ClO. The molecule has 0 N–H and O–H groups in total. The number of ether oxygens (including phenoxy) is 1. The molecule has 0 amide bonds. The zero-order valence-corrected chi connectivity index (χ0v) is 7.55. The van der Waals surface area contributed by atoms with E-state index < -0.39 is 0 Å². The summed E-state index contributed by atoms with van der Waals surface area (Å²) in [4.78, 5) is 0. The normalized spacial score (nSPS) is 9.42. The molecule has 0 saturated heterocycles. The van der Waals surface area contributed by atoms with Gasteiger partial charge in [-0.1, -0.05) is 17.7 Å². The Kier molecular flexibility index (Phi) is 3.68. The summed E-state index contributed by atoms with van der Waals surface area (Å²) in [5.41, 5.74) is 0. The molecule has 0 fully saturated rings. The van der Waals surface area contributed by atoms with Gasteiger partial charge in [0.2, 0.25) is 0 Å². The Balaban J connectivity index is 2.42. The maximum Gasteiger partial charge on any atom is 0.119 e. The monoisotopic (exact) mass is 182 g/mol. The van der Waals surface area contributed by atoms with Crippen LogP contribution in [0, 0.1) is 0 Å². The summed E-state index contributed by atoms with van der Waals surface area (Å²) in [5.74, 6) is 0.848. The van der Waals surface area contributed by atoms with Crippen molar-refractivity contribution in [2.24, 2.45) is 0 Å². The van der Waals surface area contributed by atoms with Crippen LogP contribution in [0.2, 0.25) is 5.02 Å². The van der Waals surface area contributed by atoms with Crippen molar-refractivity contribution >= 4 is 11.6 Å². The maximum atomic E-state index is 5.70. The Morgan fingerprint density at radius 3 is 2.58 bits per heavy atom. The lowest BCUT2D eigenvalue weighted by Crippen LogP contribution is -1.94. The van der Waals surface area contributed by atoms with E-state index in [-0.39, 0.29) is 0 Å². The molecule has 1 rings (SSSR count). The number of benzene rings is 1. The van der Waals surface area contributed by atoms with Crippen LogP contribution in [-0.4, -0.2) is 6.61 Å². The molecule has 64 valence electrons. The smallest absolute Gasteiger partial charge is 0.119 e. The molecule has 0 bridgehead atoms. The Labute approximate surface area is 77.6 Å². The zero-order chi connectivity index (χ0) is 8.81. The third-order valence-electron chi connectivity index (χ3n) is 1.40. The zero-order valence-electron chi connectivity index (χ0n) is 6.79. The fraction of sp³-hybridized carbons (Fsp3) is 0.200. The molecule has 2 heteroatoms. The number of hydrogen-bond acceptors (Lipinski definition) is 1. The third kappa shape index (κ3) is 2.97. The highest BCUT2D eigenvalue weighted by Crippen LogP contribution is 2.15. The minimum atomic E-state index is 0.672. The van der Waals surface area contributed by atoms with E-state index in [1.807, 2.05) is 30.3 Å². The van der Waals surface area contributed by atoms with E-state index in [2.05, 4.69) is 6.58 Å². The summed E-state index contributed by atoms with van der Waals surface area (Å²) >= 11 is 5.70. The van der Waals surface area contributed by atoms with Gasteiger partial charge in [-0.15, -0.1) is 6.58 Å². The first-order valence-corrected chi connectivity index (χ1v) is 4.20. The van der Waals surface area contributed by atoms with Gasteiger partial charge in [-0.05, 0) is 30.7 Å². The molecule has 0 spiro atoms. The second kappa shape index (κ2) is 4.83. The molecule has 0 saturated carbocycles. The quantitative estimate of drug-likeness (QED) is 0.513.